The maximum atomic E-state index is 12.0. The molecule has 21 heavy (non-hydrogen) atoms. The second-order valence-corrected chi connectivity index (χ2v) is 6.65. The zero-order valence-electron chi connectivity index (χ0n) is 12.4. The molecule has 4 heteroatoms. The molecule has 1 aromatic carbocycles. The van der Waals surface area contributed by atoms with Crippen LogP contribution >= 0.6 is 11.6 Å². The molecule has 0 saturated carbocycles. The van der Waals surface area contributed by atoms with Crippen molar-refractivity contribution in [1.82, 2.24) is 0 Å². The van der Waals surface area contributed by atoms with E-state index in [4.69, 9.17) is 11.6 Å². The molecule has 0 spiro atoms. The number of carbonyl (C=O) groups excluding carboxylic acids is 1. The molecule has 112 valence electrons. The molecular weight excluding hydrogens is 286 g/mol. The van der Waals surface area contributed by atoms with Gasteiger partial charge in [0.15, 0.2) is 5.78 Å². The van der Waals surface area contributed by atoms with Gasteiger partial charge in [-0.25, -0.2) is 0 Å². The minimum atomic E-state index is -0.167. The SMILES string of the molecule is CC1(C)CC(=O)C(C=NCCc2cccc(Cl)c2)=C(O)C1. The molecule has 0 amide bonds. The summed E-state index contributed by atoms with van der Waals surface area (Å²) in [5.74, 6) is 0.123. The quantitative estimate of drug-likeness (QED) is 0.849. The van der Waals surface area contributed by atoms with E-state index in [2.05, 4.69) is 4.99 Å². The maximum absolute atomic E-state index is 12.0. The summed E-state index contributed by atoms with van der Waals surface area (Å²) in [4.78, 5) is 16.3. The van der Waals surface area contributed by atoms with Gasteiger partial charge in [-0.2, -0.15) is 0 Å². The van der Waals surface area contributed by atoms with Crippen molar-refractivity contribution < 1.29 is 9.90 Å². The monoisotopic (exact) mass is 305 g/mol. The van der Waals surface area contributed by atoms with E-state index >= 15 is 0 Å². The van der Waals surface area contributed by atoms with E-state index in [9.17, 15) is 9.90 Å². The molecule has 1 N–H and O–H groups in total. The lowest BCUT2D eigenvalue weighted by molar-refractivity contribution is -0.117. The molecule has 0 fully saturated rings. The van der Waals surface area contributed by atoms with Gasteiger partial charge in [-0.05, 0) is 29.5 Å². The second kappa shape index (κ2) is 6.44. The number of hydrogen-bond acceptors (Lipinski definition) is 3. The molecule has 2 rings (SSSR count). The highest BCUT2D eigenvalue weighted by molar-refractivity contribution is 6.30. The first kappa shape index (κ1) is 15.8. The normalized spacial score (nSPS) is 18.5. The van der Waals surface area contributed by atoms with E-state index in [1.807, 2.05) is 38.1 Å². The van der Waals surface area contributed by atoms with Crippen LogP contribution in [0.1, 0.15) is 32.3 Å². The van der Waals surface area contributed by atoms with Crippen LogP contribution in [0.15, 0.2) is 40.6 Å². The number of allylic oxidation sites excluding steroid dienone is 2. The third-order valence-corrected chi connectivity index (χ3v) is 3.77. The van der Waals surface area contributed by atoms with Crippen molar-refractivity contribution in [3.8, 4) is 0 Å². The van der Waals surface area contributed by atoms with Gasteiger partial charge in [-0.3, -0.25) is 9.79 Å². The van der Waals surface area contributed by atoms with E-state index in [1.54, 1.807) is 0 Å². The number of Topliss-reactive ketones (excluding diaryl/α,β-unsaturated/α-hetero) is 1. The van der Waals surface area contributed by atoms with Crippen molar-refractivity contribution in [1.29, 1.82) is 0 Å². The minimum Gasteiger partial charge on any atom is -0.511 e. The number of halogens is 1. The summed E-state index contributed by atoms with van der Waals surface area (Å²) in [5.41, 5.74) is 1.30. The number of hydrogen-bond donors (Lipinski definition) is 1. The van der Waals surface area contributed by atoms with Gasteiger partial charge in [0, 0.05) is 30.6 Å². The first-order chi connectivity index (χ1) is 9.87. The van der Waals surface area contributed by atoms with Gasteiger partial charge < -0.3 is 5.11 Å². The van der Waals surface area contributed by atoms with Gasteiger partial charge in [0.25, 0.3) is 0 Å². The molecule has 0 aromatic heterocycles. The Bertz CT molecular complexity index is 603. The Morgan fingerprint density at radius 3 is 2.81 bits per heavy atom. The van der Waals surface area contributed by atoms with Crippen LogP contribution < -0.4 is 0 Å². The largest absolute Gasteiger partial charge is 0.511 e. The summed E-state index contributed by atoms with van der Waals surface area (Å²) in [7, 11) is 0. The Balaban J connectivity index is 1.97. The topological polar surface area (TPSA) is 49.7 Å². The van der Waals surface area contributed by atoms with Crippen molar-refractivity contribution in [2.24, 2.45) is 10.4 Å². The second-order valence-electron chi connectivity index (χ2n) is 6.22. The lowest BCUT2D eigenvalue weighted by Gasteiger charge is -2.28. The molecule has 0 aliphatic heterocycles. The molecule has 0 saturated heterocycles. The number of aliphatic imine (C=N–C) groups is 1. The van der Waals surface area contributed by atoms with E-state index < -0.39 is 0 Å². The third-order valence-electron chi connectivity index (χ3n) is 3.54. The third kappa shape index (κ3) is 4.43. The Morgan fingerprint density at radius 1 is 1.38 bits per heavy atom. The van der Waals surface area contributed by atoms with Crippen LogP contribution in [0.2, 0.25) is 5.02 Å². The van der Waals surface area contributed by atoms with Crippen molar-refractivity contribution in [2.45, 2.75) is 33.1 Å². The maximum Gasteiger partial charge on any atom is 0.168 e. The molecule has 0 heterocycles. The number of aliphatic hydroxyl groups excluding tert-OH is 1. The van der Waals surface area contributed by atoms with E-state index in [0.29, 0.717) is 30.0 Å². The van der Waals surface area contributed by atoms with Gasteiger partial charge >= 0.3 is 0 Å². The molecular formula is C17H20ClNO2. The number of nitrogens with zero attached hydrogens (tertiary/aromatic N) is 1. The minimum absolute atomic E-state index is 0.0322. The molecule has 1 aliphatic rings. The summed E-state index contributed by atoms with van der Waals surface area (Å²) >= 11 is 5.92. The smallest absolute Gasteiger partial charge is 0.168 e. The highest BCUT2D eigenvalue weighted by Gasteiger charge is 2.32. The van der Waals surface area contributed by atoms with Crippen molar-refractivity contribution in [3.05, 3.63) is 46.2 Å². The average molecular weight is 306 g/mol. The molecule has 1 aliphatic carbocycles. The summed E-state index contributed by atoms with van der Waals surface area (Å²) in [6.45, 7) is 4.52. The fourth-order valence-corrected chi connectivity index (χ4v) is 2.70. The van der Waals surface area contributed by atoms with E-state index in [-0.39, 0.29) is 17.0 Å². The summed E-state index contributed by atoms with van der Waals surface area (Å²) in [5, 5.41) is 10.7. The van der Waals surface area contributed by atoms with Crippen LogP contribution in [0.3, 0.4) is 0 Å². The molecule has 0 unspecified atom stereocenters. The van der Waals surface area contributed by atoms with Crippen LogP contribution in [0.25, 0.3) is 0 Å². The predicted octanol–water partition coefficient (Wildman–Crippen LogP) is 4.15. The molecule has 0 atom stereocenters. The van der Waals surface area contributed by atoms with Crippen LogP contribution in [-0.2, 0) is 11.2 Å². The number of benzene rings is 1. The Hall–Kier alpha value is -1.61. The molecule has 0 radical (unpaired) electrons. The predicted molar refractivity (Wildman–Crippen MR) is 86.2 cm³/mol. The van der Waals surface area contributed by atoms with Gasteiger partial charge in [-0.1, -0.05) is 37.6 Å². The number of rotatable bonds is 4. The molecule has 0 bridgehead atoms. The van der Waals surface area contributed by atoms with Gasteiger partial charge in [0.05, 0.1) is 5.57 Å². The Labute approximate surface area is 130 Å². The summed E-state index contributed by atoms with van der Waals surface area (Å²) in [6.07, 6.45) is 3.24. The van der Waals surface area contributed by atoms with Crippen LogP contribution in [-0.4, -0.2) is 23.6 Å². The lowest BCUT2D eigenvalue weighted by atomic mass is 9.77. The Morgan fingerprint density at radius 2 is 2.14 bits per heavy atom. The zero-order chi connectivity index (χ0) is 15.5. The average Bonchev–Trinajstić information content (AvgIpc) is 2.35. The van der Waals surface area contributed by atoms with Crippen molar-refractivity contribution in [3.63, 3.8) is 0 Å². The lowest BCUT2D eigenvalue weighted by Crippen LogP contribution is -2.26. The molecule has 3 nitrogen and oxygen atoms in total. The fourth-order valence-electron chi connectivity index (χ4n) is 2.49. The zero-order valence-corrected chi connectivity index (χ0v) is 13.2. The fraction of sp³-hybridized carbons (Fsp3) is 0.412. The van der Waals surface area contributed by atoms with Gasteiger partial charge in [-0.15, -0.1) is 0 Å². The van der Waals surface area contributed by atoms with Crippen molar-refractivity contribution in [2.75, 3.05) is 6.54 Å². The number of ketones is 1. The standard InChI is InChI=1S/C17H20ClNO2/c1-17(2)9-15(20)14(16(21)10-17)11-19-7-6-12-4-3-5-13(18)8-12/h3-5,8,11,20H,6-7,9-10H2,1-2H3. The van der Waals surface area contributed by atoms with Crippen LogP contribution in [0.4, 0.5) is 0 Å². The van der Waals surface area contributed by atoms with E-state index in [0.717, 1.165) is 12.0 Å². The highest BCUT2D eigenvalue weighted by atomic mass is 35.5. The number of aliphatic hydroxyl groups is 1. The highest BCUT2D eigenvalue weighted by Crippen LogP contribution is 2.35. The summed E-state index contributed by atoms with van der Waals surface area (Å²) < 4.78 is 0. The van der Waals surface area contributed by atoms with Gasteiger partial charge in [0.2, 0.25) is 0 Å². The molecule has 1 aromatic rings. The first-order valence-electron chi connectivity index (χ1n) is 7.07. The Kier molecular flexibility index (Phi) is 4.84. The van der Waals surface area contributed by atoms with Crippen LogP contribution in [0, 0.1) is 5.41 Å². The number of carbonyl (C=O) groups is 1. The van der Waals surface area contributed by atoms with Gasteiger partial charge in [0.1, 0.15) is 5.76 Å². The van der Waals surface area contributed by atoms with Crippen molar-refractivity contribution >= 4 is 23.6 Å². The first-order valence-corrected chi connectivity index (χ1v) is 7.45. The van der Waals surface area contributed by atoms with E-state index in [1.165, 1.54) is 6.21 Å². The summed E-state index contributed by atoms with van der Waals surface area (Å²) in [6, 6.07) is 7.64. The van der Waals surface area contributed by atoms with Crippen LogP contribution in [0.5, 0.6) is 0 Å².